The zero-order chi connectivity index (χ0) is 14.0. The molecule has 0 atom stereocenters. The summed E-state index contributed by atoms with van der Waals surface area (Å²) >= 11 is 0. The highest BCUT2D eigenvalue weighted by molar-refractivity contribution is 5.92. The summed E-state index contributed by atoms with van der Waals surface area (Å²) in [4.78, 5) is 12.1. The fourth-order valence-electron chi connectivity index (χ4n) is 3.07. The highest BCUT2D eigenvalue weighted by Crippen LogP contribution is 2.38. The van der Waals surface area contributed by atoms with Gasteiger partial charge in [-0.25, -0.2) is 0 Å². The Labute approximate surface area is 119 Å². The molecule has 0 saturated heterocycles. The minimum atomic E-state index is -0.208. The second kappa shape index (κ2) is 5.44. The molecular weight excluding hydrogens is 252 g/mol. The van der Waals surface area contributed by atoms with Crippen LogP contribution in [0.2, 0.25) is 0 Å². The maximum Gasteiger partial charge on any atom is 0.227 e. The Morgan fingerprint density at radius 1 is 1.40 bits per heavy atom. The van der Waals surface area contributed by atoms with Gasteiger partial charge in [0.1, 0.15) is 0 Å². The van der Waals surface area contributed by atoms with E-state index in [1.165, 1.54) is 11.3 Å². The first-order valence-electron chi connectivity index (χ1n) is 7.43. The van der Waals surface area contributed by atoms with Gasteiger partial charge in [-0.1, -0.05) is 0 Å². The smallest absolute Gasteiger partial charge is 0.227 e. The van der Waals surface area contributed by atoms with Crippen LogP contribution < -0.4 is 10.6 Å². The van der Waals surface area contributed by atoms with Crippen LogP contribution in [0.25, 0.3) is 0 Å². The monoisotopic (exact) mass is 274 g/mol. The number of amides is 1. The molecule has 108 valence electrons. The van der Waals surface area contributed by atoms with Gasteiger partial charge in [-0.15, -0.1) is 0 Å². The van der Waals surface area contributed by atoms with Gasteiger partial charge in [-0.2, -0.15) is 0 Å². The third kappa shape index (κ3) is 2.66. The minimum Gasteiger partial charge on any atom is -0.385 e. The molecule has 1 aliphatic carbocycles. The largest absolute Gasteiger partial charge is 0.385 e. The third-order valence-electron chi connectivity index (χ3n) is 4.51. The Kier molecular flexibility index (Phi) is 3.66. The van der Waals surface area contributed by atoms with Crippen LogP contribution in [0.4, 0.5) is 11.4 Å². The van der Waals surface area contributed by atoms with Crippen molar-refractivity contribution in [3.05, 3.63) is 23.8 Å². The number of hydrogen-bond donors (Lipinski definition) is 2. The fourth-order valence-corrected chi connectivity index (χ4v) is 3.07. The average Bonchev–Trinajstić information content (AvgIpc) is 2.43. The first-order valence-corrected chi connectivity index (χ1v) is 7.43. The van der Waals surface area contributed by atoms with Crippen molar-refractivity contribution in [3.8, 4) is 0 Å². The number of nitrogens with one attached hydrogen (secondary N) is 2. The van der Waals surface area contributed by atoms with Gasteiger partial charge >= 0.3 is 0 Å². The zero-order valence-corrected chi connectivity index (χ0v) is 12.0. The number of methoxy groups -OCH3 is 1. The van der Waals surface area contributed by atoms with Crippen LogP contribution in [0.5, 0.6) is 0 Å². The number of fused-ring (bicyclic) bond motifs is 1. The van der Waals surface area contributed by atoms with E-state index in [0.29, 0.717) is 6.42 Å². The van der Waals surface area contributed by atoms with E-state index in [9.17, 15) is 4.79 Å². The molecule has 1 amide bonds. The van der Waals surface area contributed by atoms with Crippen molar-refractivity contribution in [2.24, 2.45) is 0 Å². The van der Waals surface area contributed by atoms with Crippen molar-refractivity contribution in [1.29, 1.82) is 0 Å². The molecule has 1 aromatic carbocycles. The molecule has 4 heteroatoms. The normalized spacial score (nSPS) is 19.4. The number of carbonyl (C=O) groups excluding carboxylic acids is 1. The number of anilines is 2. The van der Waals surface area contributed by atoms with E-state index in [4.69, 9.17) is 4.74 Å². The maximum atomic E-state index is 12.1. The van der Waals surface area contributed by atoms with Crippen LogP contribution in [0.1, 0.15) is 37.7 Å². The molecule has 0 aromatic heterocycles. The Balaban J connectivity index is 1.64. The lowest BCUT2D eigenvalue weighted by Crippen LogP contribution is -2.42. The fraction of sp³-hybridized carbons (Fsp3) is 0.562. The molecule has 0 spiro atoms. The highest BCUT2D eigenvalue weighted by Gasteiger charge is 2.38. The predicted molar refractivity (Wildman–Crippen MR) is 80.1 cm³/mol. The van der Waals surface area contributed by atoms with Crippen LogP contribution in [-0.4, -0.2) is 25.2 Å². The summed E-state index contributed by atoms with van der Waals surface area (Å²) in [7, 11) is 1.71. The summed E-state index contributed by atoms with van der Waals surface area (Å²) in [6.07, 6.45) is 5.83. The van der Waals surface area contributed by atoms with Crippen molar-refractivity contribution >= 4 is 17.3 Å². The molecule has 3 rings (SSSR count). The van der Waals surface area contributed by atoms with Gasteiger partial charge in [-0.3, -0.25) is 4.79 Å². The summed E-state index contributed by atoms with van der Waals surface area (Å²) in [5.41, 5.74) is 3.17. The van der Waals surface area contributed by atoms with E-state index in [0.717, 1.165) is 44.3 Å². The second-order valence-corrected chi connectivity index (χ2v) is 5.87. The predicted octanol–water partition coefficient (Wildman–Crippen LogP) is 2.94. The number of rotatable bonds is 4. The van der Waals surface area contributed by atoms with E-state index in [1.807, 2.05) is 6.07 Å². The number of benzene rings is 1. The van der Waals surface area contributed by atoms with E-state index >= 15 is 0 Å². The molecule has 0 radical (unpaired) electrons. The van der Waals surface area contributed by atoms with Gasteiger partial charge in [-0.05, 0) is 55.9 Å². The van der Waals surface area contributed by atoms with Crippen LogP contribution >= 0.6 is 0 Å². The summed E-state index contributed by atoms with van der Waals surface area (Å²) in [6.45, 7) is 1.04. The van der Waals surface area contributed by atoms with Gasteiger partial charge < -0.3 is 15.4 Å². The van der Waals surface area contributed by atoms with Crippen LogP contribution in [0, 0.1) is 0 Å². The zero-order valence-electron chi connectivity index (χ0n) is 12.0. The number of carbonyl (C=O) groups is 1. The molecule has 1 aliphatic heterocycles. The molecule has 1 aromatic rings. The molecule has 20 heavy (non-hydrogen) atoms. The lowest BCUT2D eigenvalue weighted by molar-refractivity contribution is -0.129. The molecule has 0 unspecified atom stereocenters. The summed E-state index contributed by atoms with van der Waals surface area (Å²) in [5, 5.41) is 6.38. The first-order chi connectivity index (χ1) is 9.71. The molecule has 0 bridgehead atoms. The van der Waals surface area contributed by atoms with Crippen molar-refractivity contribution in [3.63, 3.8) is 0 Å². The molecule has 1 heterocycles. The molecule has 1 saturated carbocycles. The van der Waals surface area contributed by atoms with Crippen molar-refractivity contribution in [2.45, 2.75) is 44.1 Å². The maximum absolute atomic E-state index is 12.1. The van der Waals surface area contributed by atoms with Gasteiger partial charge in [0.25, 0.3) is 0 Å². The lowest BCUT2D eigenvalue weighted by Gasteiger charge is -2.39. The molecule has 1 fully saturated rings. The second-order valence-electron chi connectivity index (χ2n) is 5.87. The summed E-state index contributed by atoms with van der Waals surface area (Å²) in [6, 6.07) is 6.11. The molecular formula is C16H22N2O2. The quantitative estimate of drug-likeness (QED) is 0.887. The highest BCUT2D eigenvalue weighted by atomic mass is 16.5. The summed E-state index contributed by atoms with van der Waals surface area (Å²) in [5.74, 6) is 0.0512. The Bertz CT molecular complexity index is 504. The Morgan fingerprint density at radius 3 is 2.95 bits per heavy atom. The Hall–Kier alpha value is -1.55. The standard InChI is InChI=1S/C16H22N2O2/c1-20-16(7-3-8-16)11-15(19)18-13-5-6-14-12(10-13)4-2-9-17-14/h5-6,10,17H,2-4,7-9,11H2,1H3,(H,18,19). The topological polar surface area (TPSA) is 50.4 Å². The van der Waals surface area contributed by atoms with Gasteiger partial charge in [0, 0.05) is 25.0 Å². The number of ether oxygens (including phenoxy) is 1. The SMILES string of the molecule is COC1(CC(=O)Nc2ccc3c(c2)CCCN3)CCC1. The minimum absolute atomic E-state index is 0.0512. The van der Waals surface area contributed by atoms with Gasteiger partial charge in [0.15, 0.2) is 0 Å². The van der Waals surface area contributed by atoms with E-state index in [2.05, 4.69) is 22.8 Å². The van der Waals surface area contributed by atoms with Gasteiger partial charge in [0.05, 0.1) is 12.0 Å². The lowest BCUT2D eigenvalue weighted by atomic mass is 9.77. The van der Waals surface area contributed by atoms with E-state index in [1.54, 1.807) is 7.11 Å². The molecule has 2 aliphatic rings. The number of aryl methyl sites for hydroxylation is 1. The van der Waals surface area contributed by atoms with E-state index in [-0.39, 0.29) is 11.5 Å². The third-order valence-corrected chi connectivity index (χ3v) is 4.51. The van der Waals surface area contributed by atoms with Crippen LogP contribution in [0.15, 0.2) is 18.2 Å². The molecule has 2 N–H and O–H groups in total. The van der Waals surface area contributed by atoms with Crippen molar-refractivity contribution in [2.75, 3.05) is 24.3 Å². The van der Waals surface area contributed by atoms with Crippen molar-refractivity contribution < 1.29 is 9.53 Å². The molecule has 4 nitrogen and oxygen atoms in total. The van der Waals surface area contributed by atoms with Crippen LogP contribution in [0.3, 0.4) is 0 Å². The average molecular weight is 274 g/mol. The summed E-state index contributed by atoms with van der Waals surface area (Å²) < 4.78 is 5.50. The van der Waals surface area contributed by atoms with Crippen molar-refractivity contribution in [1.82, 2.24) is 0 Å². The van der Waals surface area contributed by atoms with Gasteiger partial charge in [0.2, 0.25) is 5.91 Å². The Morgan fingerprint density at radius 2 is 2.25 bits per heavy atom. The number of hydrogen-bond acceptors (Lipinski definition) is 3. The van der Waals surface area contributed by atoms with Crippen LogP contribution in [-0.2, 0) is 16.0 Å². The first kappa shape index (κ1) is 13.4. The van der Waals surface area contributed by atoms with E-state index < -0.39 is 0 Å².